The van der Waals surface area contributed by atoms with Crippen LogP contribution in [-0.2, 0) is 9.53 Å². The molecule has 0 spiro atoms. The maximum absolute atomic E-state index is 9.69. The van der Waals surface area contributed by atoms with Gasteiger partial charge in [0, 0.05) is 0 Å². The summed E-state index contributed by atoms with van der Waals surface area (Å²) in [6.07, 6.45) is 0. The van der Waals surface area contributed by atoms with Crippen molar-refractivity contribution < 1.29 is 14.3 Å². The molecule has 1 aromatic carbocycles. The molecule has 0 saturated carbocycles. The van der Waals surface area contributed by atoms with E-state index in [2.05, 4.69) is 4.74 Å². The standard InChI is InChI=1S/C8H8O3/c9-6-10-7-11-8-4-2-1-3-5-8/h1-6H,7H2. The van der Waals surface area contributed by atoms with Crippen LogP contribution in [0.5, 0.6) is 5.75 Å². The smallest absolute Gasteiger partial charge is 0.295 e. The van der Waals surface area contributed by atoms with Crippen LogP contribution < -0.4 is 4.74 Å². The van der Waals surface area contributed by atoms with Gasteiger partial charge in [0.1, 0.15) is 5.75 Å². The second kappa shape index (κ2) is 4.33. The van der Waals surface area contributed by atoms with E-state index in [1.54, 1.807) is 12.1 Å². The normalized spacial score (nSPS) is 8.73. The first-order valence-corrected chi connectivity index (χ1v) is 3.16. The average molecular weight is 152 g/mol. The van der Waals surface area contributed by atoms with Gasteiger partial charge in [-0.15, -0.1) is 0 Å². The molecule has 0 fully saturated rings. The van der Waals surface area contributed by atoms with Gasteiger partial charge in [-0.3, -0.25) is 4.79 Å². The fourth-order valence-corrected chi connectivity index (χ4v) is 0.647. The Bertz CT molecular complexity index is 208. The minimum Gasteiger partial charge on any atom is -0.457 e. The minimum atomic E-state index is -0.0342. The second-order valence-corrected chi connectivity index (χ2v) is 1.84. The zero-order valence-corrected chi connectivity index (χ0v) is 5.90. The van der Waals surface area contributed by atoms with E-state index in [0.717, 1.165) is 0 Å². The molecule has 0 N–H and O–H groups in total. The van der Waals surface area contributed by atoms with Gasteiger partial charge in [-0.25, -0.2) is 0 Å². The molecule has 0 unspecified atom stereocenters. The lowest BCUT2D eigenvalue weighted by atomic mass is 10.3. The van der Waals surface area contributed by atoms with E-state index in [1.807, 2.05) is 18.2 Å². The van der Waals surface area contributed by atoms with E-state index < -0.39 is 0 Å². The fraction of sp³-hybridized carbons (Fsp3) is 0.125. The fourth-order valence-electron chi connectivity index (χ4n) is 0.647. The third-order valence-electron chi connectivity index (χ3n) is 1.10. The number of hydrogen-bond acceptors (Lipinski definition) is 3. The van der Waals surface area contributed by atoms with Crippen molar-refractivity contribution in [1.82, 2.24) is 0 Å². The molecule has 3 nitrogen and oxygen atoms in total. The van der Waals surface area contributed by atoms with E-state index in [-0.39, 0.29) is 6.79 Å². The van der Waals surface area contributed by atoms with Crippen molar-refractivity contribution in [1.29, 1.82) is 0 Å². The molecule has 0 radical (unpaired) electrons. The van der Waals surface area contributed by atoms with Crippen LogP contribution >= 0.6 is 0 Å². The van der Waals surface area contributed by atoms with E-state index in [9.17, 15) is 4.79 Å². The van der Waals surface area contributed by atoms with Gasteiger partial charge in [0.25, 0.3) is 6.47 Å². The predicted molar refractivity (Wildman–Crippen MR) is 39.1 cm³/mol. The molecular weight excluding hydrogens is 144 g/mol. The zero-order valence-electron chi connectivity index (χ0n) is 5.90. The summed E-state index contributed by atoms with van der Waals surface area (Å²) in [5, 5.41) is 0. The number of hydrogen-bond donors (Lipinski definition) is 0. The van der Waals surface area contributed by atoms with E-state index >= 15 is 0 Å². The first-order valence-electron chi connectivity index (χ1n) is 3.16. The number of benzene rings is 1. The summed E-state index contributed by atoms with van der Waals surface area (Å²) in [4.78, 5) is 9.69. The highest BCUT2D eigenvalue weighted by molar-refractivity contribution is 5.36. The highest BCUT2D eigenvalue weighted by Crippen LogP contribution is 2.07. The van der Waals surface area contributed by atoms with E-state index in [0.29, 0.717) is 12.2 Å². The maximum Gasteiger partial charge on any atom is 0.295 e. The topological polar surface area (TPSA) is 35.5 Å². The highest BCUT2D eigenvalue weighted by atomic mass is 16.7. The van der Waals surface area contributed by atoms with Crippen molar-refractivity contribution in [2.45, 2.75) is 0 Å². The van der Waals surface area contributed by atoms with Crippen LogP contribution in [0.15, 0.2) is 30.3 Å². The van der Waals surface area contributed by atoms with Crippen LogP contribution in [-0.4, -0.2) is 13.3 Å². The van der Waals surface area contributed by atoms with Gasteiger partial charge < -0.3 is 9.47 Å². The van der Waals surface area contributed by atoms with Crippen molar-refractivity contribution in [2.75, 3.05) is 6.79 Å². The van der Waals surface area contributed by atoms with Crippen LogP contribution in [0.3, 0.4) is 0 Å². The zero-order chi connectivity index (χ0) is 7.94. The molecule has 11 heavy (non-hydrogen) atoms. The van der Waals surface area contributed by atoms with Crippen molar-refractivity contribution in [2.24, 2.45) is 0 Å². The Hall–Kier alpha value is -1.51. The van der Waals surface area contributed by atoms with E-state index in [1.165, 1.54) is 0 Å². The average Bonchev–Trinajstić information content (AvgIpc) is 2.07. The molecule has 0 saturated heterocycles. The number of ether oxygens (including phenoxy) is 2. The molecule has 1 aromatic rings. The largest absolute Gasteiger partial charge is 0.457 e. The molecule has 1 rings (SSSR count). The third kappa shape index (κ3) is 2.71. The van der Waals surface area contributed by atoms with Gasteiger partial charge in [0.15, 0.2) is 0 Å². The molecule has 0 aromatic heterocycles. The van der Waals surface area contributed by atoms with Gasteiger partial charge in [0.2, 0.25) is 6.79 Å². The number of para-hydroxylation sites is 1. The SMILES string of the molecule is O=COCOc1ccccc1. The first kappa shape index (κ1) is 7.60. The van der Waals surface area contributed by atoms with Crippen LogP contribution in [0, 0.1) is 0 Å². The summed E-state index contributed by atoms with van der Waals surface area (Å²) in [7, 11) is 0. The van der Waals surface area contributed by atoms with Crippen molar-refractivity contribution >= 4 is 6.47 Å². The molecule has 0 amide bonds. The molecule has 0 aliphatic heterocycles. The Balaban J connectivity index is 2.33. The van der Waals surface area contributed by atoms with Crippen molar-refractivity contribution in [3.8, 4) is 5.75 Å². The molecular formula is C8H8O3. The molecule has 58 valence electrons. The lowest BCUT2D eigenvalue weighted by Crippen LogP contribution is -2.00. The second-order valence-electron chi connectivity index (χ2n) is 1.84. The molecule has 0 bridgehead atoms. The monoisotopic (exact) mass is 152 g/mol. The summed E-state index contributed by atoms with van der Waals surface area (Å²) >= 11 is 0. The van der Waals surface area contributed by atoms with Crippen molar-refractivity contribution in [3.05, 3.63) is 30.3 Å². The summed E-state index contributed by atoms with van der Waals surface area (Å²) in [6, 6.07) is 9.14. The highest BCUT2D eigenvalue weighted by Gasteiger charge is 1.88. The lowest BCUT2D eigenvalue weighted by Gasteiger charge is -2.02. The quantitative estimate of drug-likeness (QED) is 0.369. The minimum absolute atomic E-state index is 0.0342. The van der Waals surface area contributed by atoms with Crippen LogP contribution in [0.4, 0.5) is 0 Å². The van der Waals surface area contributed by atoms with Crippen LogP contribution in [0.25, 0.3) is 0 Å². The summed E-state index contributed by atoms with van der Waals surface area (Å²) < 4.78 is 9.33. The van der Waals surface area contributed by atoms with Crippen LogP contribution in [0.1, 0.15) is 0 Å². The van der Waals surface area contributed by atoms with Gasteiger partial charge in [-0.1, -0.05) is 18.2 Å². The Morgan fingerprint density at radius 1 is 1.27 bits per heavy atom. The van der Waals surface area contributed by atoms with E-state index in [4.69, 9.17) is 4.74 Å². The van der Waals surface area contributed by atoms with Crippen molar-refractivity contribution in [3.63, 3.8) is 0 Å². The molecule has 0 aliphatic carbocycles. The number of rotatable bonds is 4. The molecule has 0 heterocycles. The number of carbonyl (C=O) groups is 1. The maximum atomic E-state index is 9.69. The van der Waals surface area contributed by atoms with Crippen LogP contribution in [0.2, 0.25) is 0 Å². The van der Waals surface area contributed by atoms with Gasteiger partial charge in [-0.05, 0) is 12.1 Å². The summed E-state index contributed by atoms with van der Waals surface area (Å²) in [5.74, 6) is 0.689. The van der Waals surface area contributed by atoms with Gasteiger partial charge >= 0.3 is 0 Å². The lowest BCUT2D eigenvalue weighted by molar-refractivity contribution is -0.134. The Kier molecular flexibility index (Phi) is 2.99. The van der Waals surface area contributed by atoms with Gasteiger partial charge in [0.05, 0.1) is 0 Å². The molecule has 0 aliphatic rings. The number of carbonyl (C=O) groups excluding carboxylic acids is 1. The van der Waals surface area contributed by atoms with Gasteiger partial charge in [-0.2, -0.15) is 0 Å². The predicted octanol–water partition coefficient (Wildman–Crippen LogP) is 1.20. The summed E-state index contributed by atoms with van der Waals surface area (Å²) in [5.41, 5.74) is 0. The molecule has 0 atom stereocenters. The molecule has 3 heteroatoms. The first-order chi connectivity index (χ1) is 5.43. The Labute approximate surface area is 64.5 Å². The Morgan fingerprint density at radius 2 is 2.00 bits per heavy atom. The third-order valence-corrected chi connectivity index (χ3v) is 1.10. The summed E-state index contributed by atoms with van der Waals surface area (Å²) in [6.45, 7) is 0.316. The Morgan fingerprint density at radius 3 is 2.64 bits per heavy atom.